The number of benzene rings is 2. The van der Waals surface area contributed by atoms with Crippen molar-refractivity contribution in [1.82, 2.24) is 0 Å². The van der Waals surface area contributed by atoms with Crippen LogP contribution in [0.3, 0.4) is 0 Å². The Kier molecular flexibility index (Phi) is 2.14. The zero-order valence-electron chi connectivity index (χ0n) is 7.95. The van der Waals surface area contributed by atoms with Crippen molar-refractivity contribution in [2.45, 2.75) is 0 Å². The lowest BCUT2D eigenvalue weighted by Gasteiger charge is -2.08. The van der Waals surface area contributed by atoms with Crippen LogP contribution in [-0.4, -0.2) is 4.92 Å². The van der Waals surface area contributed by atoms with Crippen LogP contribution in [0.25, 0.3) is 15.7 Å². The monoisotopic (exact) mass is 215 g/mol. The molecule has 78 valence electrons. The summed E-state index contributed by atoms with van der Waals surface area (Å²) in [6.07, 6.45) is 0. The third-order valence-corrected chi connectivity index (χ3v) is 2.26. The highest BCUT2D eigenvalue weighted by molar-refractivity contribution is 6.00. The summed E-state index contributed by atoms with van der Waals surface area (Å²) in [5.74, 6) is -0.673. The lowest BCUT2D eigenvalue weighted by atomic mass is 10.1. The predicted molar refractivity (Wildman–Crippen MR) is 54.8 cm³/mol. The molecule has 0 aromatic heterocycles. The molecule has 0 spiro atoms. The van der Waals surface area contributed by atoms with Gasteiger partial charge in [0.15, 0.2) is 4.98 Å². The molecule has 2 aromatic carbocycles. The molecule has 0 amide bonds. The molecule has 0 saturated carbocycles. The van der Waals surface area contributed by atoms with Gasteiger partial charge in [0.1, 0.15) is 6.07 Å². The fraction of sp³-hybridized carbons (Fsp3) is 0. The zero-order chi connectivity index (χ0) is 11.7. The van der Waals surface area contributed by atoms with Gasteiger partial charge in [-0.05, 0) is 17.2 Å². The summed E-state index contributed by atoms with van der Waals surface area (Å²) in [5.41, 5.74) is -0.576. The summed E-state index contributed by atoms with van der Waals surface area (Å²) < 4.78 is 0. The van der Waals surface area contributed by atoms with E-state index >= 15 is 0 Å². The van der Waals surface area contributed by atoms with Crippen LogP contribution >= 0.6 is 0 Å². The van der Waals surface area contributed by atoms with Gasteiger partial charge in [-0.3, -0.25) is 10.1 Å². The normalized spacial score (nSPS) is 9.94. The highest BCUT2D eigenvalue weighted by atomic mass is 16.6. The van der Waals surface area contributed by atoms with E-state index in [1.54, 1.807) is 18.2 Å². The summed E-state index contributed by atoms with van der Waals surface area (Å²) in [6, 6.07) is 7.23. The fourth-order valence-electron chi connectivity index (χ4n) is 1.53. The van der Waals surface area contributed by atoms with E-state index < -0.39 is 16.4 Å². The minimum absolute atomic E-state index is 0.0156. The molecule has 0 saturated heterocycles. The number of hydrogen-bond acceptors (Lipinski definition) is 4. The van der Waals surface area contributed by atoms with Crippen molar-refractivity contribution in [3.8, 4) is 5.75 Å². The molecule has 16 heavy (non-hydrogen) atoms. The van der Waals surface area contributed by atoms with Crippen molar-refractivity contribution in [3.63, 3.8) is 0 Å². The second-order valence-corrected chi connectivity index (χ2v) is 3.15. The number of nitro benzene ring substituents is 1. The first-order valence-corrected chi connectivity index (χ1v) is 4.37. The molecule has 6 heteroatoms. The minimum Gasteiger partial charge on any atom is -0.867 e. The van der Waals surface area contributed by atoms with Crippen LogP contribution in [0.5, 0.6) is 5.75 Å². The van der Waals surface area contributed by atoms with Gasteiger partial charge in [0.2, 0.25) is 5.39 Å². The second-order valence-electron chi connectivity index (χ2n) is 3.15. The molecule has 6 nitrogen and oxygen atoms in total. The van der Waals surface area contributed by atoms with Crippen molar-refractivity contribution >= 4 is 22.1 Å². The molecular weight excluding hydrogens is 210 g/mol. The molecular formula is C10H5N3O3. The largest absolute Gasteiger partial charge is 0.867 e. The van der Waals surface area contributed by atoms with Gasteiger partial charge < -0.3 is 5.11 Å². The quantitative estimate of drug-likeness (QED) is 0.414. The van der Waals surface area contributed by atoms with Crippen molar-refractivity contribution in [2.75, 3.05) is 0 Å². The fourth-order valence-corrected chi connectivity index (χ4v) is 1.53. The van der Waals surface area contributed by atoms with E-state index in [4.69, 9.17) is 5.39 Å². The van der Waals surface area contributed by atoms with Crippen LogP contribution < -0.4 is 5.11 Å². The summed E-state index contributed by atoms with van der Waals surface area (Å²) in [7, 11) is 0. The first-order chi connectivity index (χ1) is 7.65. The molecule has 0 N–H and O–H groups in total. The predicted octanol–water partition coefficient (Wildman–Crippen LogP) is 2.31. The molecule has 0 heterocycles. The Hall–Kier alpha value is -2.68. The van der Waals surface area contributed by atoms with Gasteiger partial charge >= 0.3 is 5.69 Å². The number of diazo groups is 1. The summed E-state index contributed by atoms with van der Waals surface area (Å²) in [6.45, 7) is 0. The van der Waals surface area contributed by atoms with Crippen LogP contribution in [0.4, 0.5) is 11.4 Å². The van der Waals surface area contributed by atoms with E-state index in [0.717, 1.165) is 6.07 Å². The maximum Gasteiger partial charge on any atom is 0.399 e. The molecule has 0 unspecified atom stereocenters. The molecule has 0 atom stereocenters. The molecule has 0 aliphatic rings. The minimum atomic E-state index is -0.788. The summed E-state index contributed by atoms with van der Waals surface area (Å²) in [4.78, 5) is 12.8. The molecule has 2 aromatic rings. The number of nitro groups is 1. The Morgan fingerprint density at radius 3 is 2.44 bits per heavy atom. The number of fused-ring (bicyclic) bond motifs is 1. The van der Waals surface area contributed by atoms with E-state index in [1.165, 1.54) is 6.07 Å². The van der Waals surface area contributed by atoms with Crippen LogP contribution in [0.1, 0.15) is 0 Å². The first kappa shape index (κ1) is 9.86. The van der Waals surface area contributed by atoms with Crippen molar-refractivity contribution in [3.05, 3.63) is 45.4 Å². The first-order valence-electron chi connectivity index (χ1n) is 4.37. The zero-order valence-corrected chi connectivity index (χ0v) is 7.95. The van der Waals surface area contributed by atoms with E-state index in [2.05, 4.69) is 4.98 Å². The molecule has 0 aliphatic heterocycles. The van der Waals surface area contributed by atoms with E-state index in [-0.39, 0.29) is 11.1 Å². The SMILES string of the molecule is N#[N+]c1cc([N+](=O)[O-])c([O-])c2ccccc12. The van der Waals surface area contributed by atoms with Gasteiger partial charge in [0.25, 0.3) is 5.69 Å². The van der Waals surface area contributed by atoms with E-state index in [0.29, 0.717) is 5.39 Å². The van der Waals surface area contributed by atoms with Gasteiger partial charge in [-0.15, -0.1) is 0 Å². The average molecular weight is 215 g/mol. The molecule has 0 bridgehead atoms. The van der Waals surface area contributed by atoms with Crippen LogP contribution in [0.2, 0.25) is 0 Å². The number of rotatable bonds is 1. The highest BCUT2D eigenvalue weighted by Gasteiger charge is 2.20. The van der Waals surface area contributed by atoms with Crippen LogP contribution in [0, 0.1) is 15.5 Å². The third kappa shape index (κ3) is 1.31. The maximum absolute atomic E-state index is 11.7. The van der Waals surface area contributed by atoms with Gasteiger partial charge in [-0.1, -0.05) is 18.2 Å². The lowest BCUT2D eigenvalue weighted by Crippen LogP contribution is -1.98. The molecule has 0 aliphatic carbocycles. The topological polar surface area (TPSA) is 94.3 Å². The number of nitrogens with zero attached hydrogens (tertiary/aromatic N) is 3. The van der Waals surface area contributed by atoms with Crippen molar-refractivity contribution in [1.29, 1.82) is 5.39 Å². The smallest absolute Gasteiger partial charge is 0.399 e. The van der Waals surface area contributed by atoms with Gasteiger partial charge in [0.05, 0.1) is 10.3 Å². The molecule has 0 fully saturated rings. The standard InChI is InChI=1S/C10H5N3O3/c11-12-8-5-9(13(15)16)10(14)7-4-2-1-3-6(7)8/h1-5H. The van der Waals surface area contributed by atoms with E-state index in [9.17, 15) is 15.2 Å². The molecule has 0 radical (unpaired) electrons. The Labute approximate surface area is 89.5 Å². The van der Waals surface area contributed by atoms with Gasteiger partial charge in [0, 0.05) is 0 Å². The van der Waals surface area contributed by atoms with E-state index in [1.807, 2.05) is 0 Å². The van der Waals surface area contributed by atoms with Crippen LogP contribution in [0.15, 0.2) is 30.3 Å². The maximum atomic E-state index is 11.7. The lowest BCUT2D eigenvalue weighted by molar-refractivity contribution is -0.397. The highest BCUT2D eigenvalue weighted by Crippen LogP contribution is 2.38. The number of hydrogen-bond donors (Lipinski definition) is 0. The van der Waals surface area contributed by atoms with Crippen molar-refractivity contribution < 1.29 is 10.0 Å². The second kappa shape index (κ2) is 3.47. The Morgan fingerprint density at radius 2 is 1.88 bits per heavy atom. The van der Waals surface area contributed by atoms with Crippen molar-refractivity contribution in [2.24, 2.45) is 0 Å². The Balaban J connectivity index is 2.95. The Bertz CT molecular complexity index is 631. The average Bonchev–Trinajstić information content (AvgIpc) is 2.29. The Morgan fingerprint density at radius 1 is 1.25 bits per heavy atom. The van der Waals surface area contributed by atoms with Crippen LogP contribution in [-0.2, 0) is 0 Å². The molecule has 2 rings (SSSR count). The summed E-state index contributed by atoms with van der Waals surface area (Å²) in [5, 5.41) is 31.6. The summed E-state index contributed by atoms with van der Waals surface area (Å²) >= 11 is 0. The third-order valence-electron chi connectivity index (χ3n) is 2.26. The van der Waals surface area contributed by atoms with Gasteiger partial charge in [-0.25, -0.2) is 0 Å². The van der Waals surface area contributed by atoms with Gasteiger partial charge in [-0.2, -0.15) is 0 Å².